The van der Waals surface area contributed by atoms with E-state index in [4.69, 9.17) is 0 Å². The maximum atomic E-state index is 12.5. The zero-order valence-corrected chi connectivity index (χ0v) is 14.0. The Hall–Kier alpha value is -2.48. The van der Waals surface area contributed by atoms with E-state index in [1.807, 2.05) is 6.92 Å². The van der Waals surface area contributed by atoms with E-state index in [0.717, 1.165) is 24.0 Å². The molecule has 2 unspecified atom stereocenters. The number of rotatable bonds is 2. The Balaban J connectivity index is 1.97. The van der Waals surface area contributed by atoms with Crippen LogP contribution in [0.5, 0.6) is 0 Å². The van der Waals surface area contributed by atoms with Gasteiger partial charge in [0, 0.05) is 32.4 Å². The summed E-state index contributed by atoms with van der Waals surface area (Å²) in [5.41, 5.74) is -0.314. The average molecular weight is 331 g/mol. The number of hydrogen-bond acceptors (Lipinski definition) is 5. The third-order valence-corrected chi connectivity index (χ3v) is 4.63. The second-order valence-corrected chi connectivity index (χ2v) is 6.27. The molecule has 0 aliphatic carbocycles. The summed E-state index contributed by atoms with van der Waals surface area (Å²) >= 11 is 0. The summed E-state index contributed by atoms with van der Waals surface area (Å²) in [6.45, 7) is 2.99. The van der Waals surface area contributed by atoms with Gasteiger partial charge in [-0.1, -0.05) is 0 Å². The van der Waals surface area contributed by atoms with Crippen molar-refractivity contribution in [2.24, 2.45) is 14.1 Å². The SMILES string of the molecule is CC1NCCCC1NC(=O)c1cnc2c(c1)c(=O)n(C)c(=O)n2C. The van der Waals surface area contributed by atoms with Crippen LogP contribution in [0.4, 0.5) is 0 Å². The summed E-state index contributed by atoms with van der Waals surface area (Å²) in [6, 6.07) is 1.75. The highest BCUT2D eigenvalue weighted by atomic mass is 16.2. The molecule has 0 saturated carbocycles. The summed E-state index contributed by atoms with van der Waals surface area (Å²) in [6.07, 6.45) is 3.32. The number of fused-ring (bicyclic) bond motifs is 1. The lowest BCUT2D eigenvalue weighted by atomic mass is 9.99. The summed E-state index contributed by atoms with van der Waals surface area (Å²) < 4.78 is 2.31. The first kappa shape index (κ1) is 16.4. The lowest BCUT2D eigenvalue weighted by Crippen LogP contribution is -2.51. The molecule has 24 heavy (non-hydrogen) atoms. The van der Waals surface area contributed by atoms with Crippen LogP contribution in [0.25, 0.3) is 11.0 Å². The van der Waals surface area contributed by atoms with Crippen molar-refractivity contribution in [3.05, 3.63) is 38.7 Å². The molecular weight excluding hydrogens is 310 g/mol. The molecule has 0 bridgehead atoms. The van der Waals surface area contributed by atoms with E-state index in [1.54, 1.807) is 7.05 Å². The molecule has 2 atom stereocenters. The molecule has 1 saturated heterocycles. The molecule has 1 aliphatic heterocycles. The Bertz CT molecular complexity index is 914. The highest BCUT2D eigenvalue weighted by molar-refractivity contribution is 5.96. The van der Waals surface area contributed by atoms with E-state index < -0.39 is 11.2 Å². The van der Waals surface area contributed by atoms with E-state index >= 15 is 0 Å². The number of pyridine rings is 1. The van der Waals surface area contributed by atoms with Gasteiger partial charge < -0.3 is 10.6 Å². The van der Waals surface area contributed by atoms with Gasteiger partial charge in [-0.3, -0.25) is 18.7 Å². The van der Waals surface area contributed by atoms with E-state index in [-0.39, 0.29) is 29.0 Å². The molecule has 0 radical (unpaired) electrons. The van der Waals surface area contributed by atoms with Gasteiger partial charge in [-0.25, -0.2) is 9.78 Å². The Morgan fingerprint density at radius 3 is 2.79 bits per heavy atom. The summed E-state index contributed by atoms with van der Waals surface area (Å²) in [4.78, 5) is 40.9. The van der Waals surface area contributed by atoms with Gasteiger partial charge in [0.05, 0.1) is 10.9 Å². The normalized spacial score (nSPS) is 21.0. The molecule has 0 aromatic carbocycles. The lowest BCUT2D eigenvalue weighted by molar-refractivity contribution is 0.0919. The number of carbonyl (C=O) groups is 1. The minimum Gasteiger partial charge on any atom is -0.348 e. The number of amides is 1. The molecule has 8 nitrogen and oxygen atoms in total. The van der Waals surface area contributed by atoms with Crippen molar-refractivity contribution in [3.63, 3.8) is 0 Å². The van der Waals surface area contributed by atoms with Gasteiger partial charge in [-0.15, -0.1) is 0 Å². The number of aromatic nitrogens is 3. The maximum absolute atomic E-state index is 12.5. The van der Waals surface area contributed by atoms with Crippen LogP contribution in [-0.2, 0) is 14.1 Å². The number of carbonyl (C=O) groups excluding carboxylic acids is 1. The van der Waals surface area contributed by atoms with Gasteiger partial charge in [0.1, 0.15) is 5.65 Å². The third-order valence-electron chi connectivity index (χ3n) is 4.63. The molecule has 2 aromatic rings. The van der Waals surface area contributed by atoms with Crippen molar-refractivity contribution in [2.45, 2.75) is 31.8 Å². The molecule has 3 heterocycles. The Kier molecular flexibility index (Phi) is 4.23. The number of piperidine rings is 1. The van der Waals surface area contributed by atoms with Crippen LogP contribution in [0.15, 0.2) is 21.9 Å². The van der Waals surface area contributed by atoms with Gasteiger partial charge in [0.2, 0.25) is 0 Å². The molecule has 2 aromatic heterocycles. The van der Waals surface area contributed by atoms with E-state index in [1.165, 1.54) is 23.9 Å². The highest BCUT2D eigenvalue weighted by Gasteiger charge is 2.23. The predicted molar refractivity (Wildman–Crippen MR) is 90.2 cm³/mol. The van der Waals surface area contributed by atoms with E-state index in [2.05, 4.69) is 15.6 Å². The fourth-order valence-electron chi connectivity index (χ4n) is 3.08. The second-order valence-electron chi connectivity index (χ2n) is 6.27. The minimum atomic E-state index is -0.456. The summed E-state index contributed by atoms with van der Waals surface area (Å²) in [7, 11) is 2.96. The largest absolute Gasteiger partial charge is 0.348 e. The Labute approximate surface area is 138 Å². The average Bonchev–Trinajstić information content (AvgIpc) is 2.59. The van der Waals surface area contributed by atoms with Crippen molar-refractivity contribution >= 4 is 16.9 Å². The van der Waals surface area contributed by atoms with Crippen LogP contribution in [0, 0.1) is 0 Å². The van der Waals surface area contributed by atoms with Crippen molar-refractivity contribution in [1.82, 2.24) is 24.8 Å². The fourth-order valence-corrected chi connectivity index (χ4v) is 3.08. The summed E-state index contributed by atoms with van der Waals surface area (Å²) in [5.74, 6) is -0.263. The summed E-state index contributed by atoms with van der Waals surface area (Å²) in [5, 5.41) is 6.57. The third kappa shape index (κ3) is 2.73. The highest BCUT2D eigenvalue weighted by Crippen LogP contribution is 2.11. The predicted octanol–water partition coefficient (Wildman–Crippen LogP) is -0.497. The van der Waals surface area contributed by atoms with Crippen LogP contribution < -0.4 is 21.9 Å². The first-order valence-corrected chi connectivity index (χ1v) is 8.00. The fraction of sp³-hybridized carbons (Fsp3) is 0.500. The topological polar surface area (TPSA) is 98.0 Å². The van der Waals surface area contributed by atoms with Crippen LogP contribution in [-0.4, -0.2) is 38.7 Å². The number of aryl methyl sites for hydroxylation is 1. The molecule has 1 fully saturated rings. The molecule has 1 amide bonds. The lowest BCUT2D eigenvalue weighted by Gasteiger charge is -2.30. The van der Waals surface area contributed by atoms with Gasteiger partial charge in [-0.05, 0) is 32.4 Å². The standard InChI is InChI=1S/C16H21N5O3/c1-9-12(5-4-6-17-9)19-14(22)10-7-11-13(18-8-10)20(2)16(24)21(3)15(11)23/h7-9,12,17H,4-6H2,1-3H3,(H,19,22). The smallest absolute Gasteiger partial charge is 0.332 e. The van der Waals surface area contributed by atoms with E-state index in [9.17, 15) is 14.4 Å². The zero-order chi connectivity index (χ0) is 17.4. The maximum Gasteiger partial charge on any atom is 0.332 e. The monoisotopic (exact) mass is 331 g/mol. The first-order valence-electron chi connectivity index (χ1n) is 8.00. The quantitative estimate of drug-likeness (QED) is 0.773. The molecule has 128 valence electrons. The van der Waals surface area contributed by atoms with Gasteiger partial charge in [0.25, 0.3) is 11.5 Å². The van der Waals surface area contributed by atoms with Crippen LogP contribution >= 0.6 is 0 Å². The number of hydrogen-bond donors (Lipinski definition) is 2. The van der Waals surface area contributed by atoms with Gasteiger partial charge in [-0.2, -0.15) is 0 Å². The van der Waals surface area contributed by atoms with Crippen LogP contribution in [0.1, 0.15) is 30.1 Å². The molecule has 3 rings (SSSR count). The molecule has 8 heteroatoms. The molecular formula is C16H21N5O3. The van der Waals surface area contributed by atoms with Crippen molar-refractivity contribution < 1.29 is 4.79 Å². The Morgan fingerprint density at radius 2 is 2.08 bits per heavy atom. The number of nitrogens with zero attached hydrogens (tertiary/aromatic N) is 3. The molecule has 2 N–H and O–H groups in total. The zero-order valence-electron chi connectivity index (χ0n) is 14.0. The minimum absolute atomic E-state index is 0.0462. The van der Waals surface area contributed by atoms with Crippen molar-refractivity contribution in [2.75, 3.05) is 6.54 Å². The molecule has 0 spiro atoms. The Morgan fingerprint density at radius 1 is 1.33 bits per heavy atom. The van der Waals surface area contributed by atoms with Crippen LogP contribution in [0.3, 0.4) is 0 Å². The van der Waals surface area contributed by atoms with Crippen molar-refractivity contribution in [3.8, 4) is 0 Å². The van der Waals surface area contributed by atoms with Crippen molar-refractivity contribution in [1.29, 1.82) is 0 Å². The van der Waals surface area contributed by atoms with Crippen LogP contribution in [0.2, 0.25) is 0 Å². The molecule has 1 aliphatic rings. The number of nitrogens with one attached hydrogen (secondary N) is 2. The van der Waals surface area contributed by atoms with E-state index in [0.29, 0.717) is 5.56 Å². The van der Waals surface area contributed by atoms with Gasteiger partial charge >= 0.3 is 5.69 Å². The van der Waals surface area contributed by atoms with Gasteiger partial charge in [0.15, 0.2) is 0 Å². The first-order chi connectivity index (χ1) is 11.4. The second kappa shape index (κ2) is 6.20.